The molecule has 0 heterocycles. The Hall–Kier alpha value is -2.89. The number of hydrogen-bond acceptors (Lipinski definition) is 6. The molecule has 72 heavy (non-hydrogen) atoms. The minimum Gasteiger partial charge on any atom is -0.462 e. The number of esters is 3. The number of hydrogen-bond donors (Lipinski definition) is 0. The molecule has 0 aromatic rings. The van der Waals surface area contributed by atoms with E-state index < -0.39 is 6.10 Å². The van der Waals surface area contributed by atoms with Crippen LogP contribution in [0.1, 0.15) is 323 Å². The predicted molar refractivity (Wildman–Crippen MR) is 312 cm³/mol. The van der Waals surface area contributed by atoms with Crippen LogP contribution in [0.3, 0.4) is 0 Å². The first kappa shape index (κ1) is 69.1. The van der Waals surface area contributed by atoms with Gasteiger partial charge in [-0.15, -0.1) is 0 Å². The lowest BCUT2D eigenvalue weighted by atomic mass is 10.0. The Morgan fingerprint density at radius 3 is 0.847 bits per heavy atom. The number of allylic oxidation sites excluding steroid dienone is 10. The van der Waals surface area contributed by atoms with Gasteiger partial charge in [-0.1, -0.05) is 300 Å². The SMILES string of the molecule is CC/C=C\C/C=C\C/C=C\C/C=C\C/C=C\CCCCCCCCCC(=O)OCC(COC(=O)CCCCCCCCCCCCC)OC(=O)CCCCCCCCCCCCCCCCCCCCCC. The summed E-state index contributed by atoms with van der Waals surface area (Å²) in [5, 5.41) is 0. The van der Waals surface area contributed by atoms with Crippen LogP contribution in [0.15, 0.2) is 60.8 Å². The lowest BCUT2D eigenvalue weighted by Crippen LogP contribution is -2.30. The fourth-order valence-electron chi connectivity index (χ4n) is 9.12. The molecule has 0 aromatic carbocycles. The van der Waals surface area contributed by atoms with E-state index in [1.807, 2.05) is 0 Å². The van der Waals surface area contributed by atoms with Crippen molar-refractivity contribution in [3.05, 3.63) is 60.8 Å². The quantitative estimate of drug-likeness (QED) is 0.0261. The van der Waals surface area contributed by atoms with Crippen LogP contribution in [0.5, 0.6) is 0 Å². The maximum absolute atomic E-state index is 12.9. The van der Waals surface area contributed by atoms with Crippen molar-refractivity contribution in [3.63, 3.8) is 0 Å². The molecule has 0 saturated carbocycles. The van der Waals surface area contributed by atoms with Crippen LogP contribution in [0.4, 0.5) is 0 Å². The van der Waals surface area contributed by atoms with E-state index in [0.29, 0.717) is 19.3 Å². The molecule has 1 atom stereocenters. The van der Waals surface area contributed by atoms with Crippen LogP contribution in [0, 0.1) is 0 Å². The van der Waals surface area contributed by atoms with Gasteiger partial charge in [0.2, 0.25) is 0 Å². The van der Waals surface area contributed by atoms with Crippen LogP contribution in [0.25, 0.3) is 0 Å². The second-order valence-corrected chi connectivity index (χ2v) is 21.0. The highest BCUT2D eigenvalue weighted by Gasteiger charge is 2.19. The molecule has 6 heteroatoms. The third-order valence-corrected chi connectivity index (χ3v) is 13.8. The van der Waals surface area contributed by atoms with Crippen LogP contribution in [-0.4, -0.2) is 37.2 Å². The zero-order valence-corrected chi connectivity index (χ0v) is 47.9. The summed E-state index contributed by atoms with van der Waals surface area (Å²) >= 11 is 0. The van der Waals surface area contributed by atoms with E-state index in [9.17, 15) is 14.4 Å². The highest BCUT2D eigenvalue weighted by atomic mass is 16.6. The van der Waals surface area contributed by atoms with E-state index in [4.69, 9.17) is 14.2 Å². The molecule has 418 valence electrons. The highest BCUT2D eigenvalue weighted by Crippen LogP contribution is 2.17. The summed E-state index contributed by atoms with van der Waals surface area (Å²) in [6.07, 6.45) is 76.5. The van der Waals surface area contributed by atoms with E-state index in [-0.39, 0.29) is 31.1 Å². The average molecular weight is 1010 g/mol. The third kappa shape index (κ3) is 58.0. The number of rotatable bonds is 57. The summed E-state index contributed by atoms with van der Waals surface area (Å²) in [4.78, 5) is 38.2. The van der Waals surface area contributed by atoms with Crippen molar-refractivity contribution in [1.29, 1.82) is 0 Å². The molecule has 0 bridgehead atoms. The summed E-state index contributed by atoms with van der Waals surface area (Å²) in [5.74, 6) is -0.867. The minimum atomic E-state index is -0.776. The maximum atomic E-state index is 12.9. The predicted octanol–water partition coefficient (Wildman–Crippen LogP) is 21.2. The van der Waals surface area contributed by atoms with Gasteiger partial charge in [0.15, 0.2) is 6.10 Å². The molecule has 0 aliphatic heterocycles. The smallest absolute Gasteiger partial charge is 0.306 e. The van der Waals surface area contributed by atoms with Crippen molar-refractivity contribution in [3.8, 4) is 0 Å². The molecular formula is C66H118O6. The molecule has 0 amide bonds. The van der Waals surface area contributed by atoms with Crippen molar-refractivity contribution < 1.29 is 28.6 Å². The van der Waals surface area contributed by atoms with Gasteiger partial charge < -0.3 is 14.2 Å². The molecule has 0 aromatic heterocycles. The Morgan fingerprint density at radius 2 is 0.542 bits per heavy atom. The zero-order chi connectivity index (χ0) is 52.2. The average Bonchev–Trinajstić information content (AvgIpc) is 3.38. The first-order chi connectivity index (χ1) is 35.5. The Bertz CT molecular complexity index is 1290. The number of carbonyl (C=O) groups excluding carboxylic acids is 3. The van der Waals surface area contributed by atoms with Crippen molar-refractivity contribution >= 4 is 17.9 Å². The Kier molecular flexibility index (Phi) is 58.2. The van der Waals surface area contributed by atoms with E-state index in [1.54, 1.807) is 0 Å². The molecule has 0 aliphatic carbocycles. The highest BCUT2D eigenvalue weighted by molar-refractivity contribution is 5.71. The van der Waals surface area contributed by atoms with Gasteiger partial charge >= 0.3 is 17.9 Å². The fraction of sp³-hybridized carbons (Fsp3) is 0.803. The summed E-state index contributed by atoms with van der Waals surface area (Å²) in [7, 11) is 0. The largest absolute Gasteiger partial charge is 0.462 e. The van der Waals surface area contributed by atoms with Crippen LogP contribution in [-0.2, 0) is 28.6 Å². The van der Waals surface area contributed by atoms with Gasteiger partial charge in [-0.2, -0.15) is 0 Å². The second kappa shape index (κ2) is 60.7. The van der Waals surface area contributed by atoms with E-state index in [2.05, 4.69) is 81.5 Å². The van der Waals surface area contributed by atoms with Gasteiger partial charge in [-0.05, 0) is 64.2 Å². The van der Waals surface area contributed by atoms with E-state index >= 15 is 0 Å². The normalized spacial score (nSPS) is 12.4. The van der Waals surface area contributed by atoms with Gasteiger partial charge in [0.25, 0.3) is 0 Å². The number of carbonyl (C=O) groups is 3. The zero-order valence-electron chi connectivity index (χ0n) is 47.9. The van der Waals surface area contributed by atoms with Gasteiger partial charge in [0, 0.05) is 19.3 Å². The van der Waals surface area contributed by atoms with Crippen molar-refractivity contribution in [2.45, 2.75) is 329 Å². The Balaban J connectivity index is 4.29. The second-order valence-electron chi connectivity index (χ2n) is 21.0. The van der Waals surface area contributed by atoms with E-state index in [0.717, 1.165) is 96.3 Å². The number of ether oxygens (including phenoxy) is 3. The minimum absolute atomic E-state index is 0.0732. The molecular weight excluding hydrogens is 889 g/mol. The fourth-order valence-corrected chi connectivity index (χ4v) is 9.12. The summed E-state index contributed by atoms with van der Waals surface area (Å²) in [6, 6.07) is 0. The lowest BCUT2D eigenvalue weighted by molar-refractivity contribution is -0.167. The summed E-state index contributed by atoms with van der Waals surface area (Å²) in [6.45, 7) is 6.56. The third-order valence-electron chi connectivity index (χ3n) is 13.8. The maximum Gasteiger partial charge on any atom is 0.306 e. The van der Waals surface area contributed by atoms with Crippen LogP contribution >= 0.6 is 0 Å². The molecule has 1 unspecified atom stereocenters. The topological polar surface area (TPSA) is 78.9 Å². The van der Waals surface area contributed by atoms with Gasteiger partial charge in [0.05, 0.1) is 0 Å². The molecule has 0 radical (unpaired) electrons. The molecule has 0 fully saturated rings. The van der Waals surface area contributed by atoms with Gasteiger partial charge in [-0.3, -0.25) is 14.4 Å². The molecule has 6 nitrogen and oxygen atoms in total. The van der Waals surface area contributed by atoms with Crippen molar-refractivity contribution in [2.75, 3.05) is 13.2 Å². The van der Waals surface area contributed by atoms with Crippen LogP contribution < -0.4 is 0 Å². The summed E-state index contributed by atoms with van der Waals surface area (Å²) < 4.78 is 16.9. The van der Waals surface area contributed by atoms with E-state index in [1.165, 1.54) is 186 Å². The molecule has 0 rings (SSSR count). The first-order valence-electron chi connectivity index (χ1n) is 31.3. The van der Waals surface area contributed by atoms with Crippen molar-refractivity contribution in [1.82, 2.24) is 0 Å². The summed E-state index contributed by atoms with van der Waals surface area (Å²) in [5.41, 5.74) is 0. The standard InChI is InChI=1S/C66H118O6/c1-4-7-10-13-16-19-22-24-26-28-30-32-33-34-36-37-39-41-44-47-50-53-56-59-65(68)71-62-63(61-70-64(67)58-55-52-49-46-43-21-18-15-12-9-6-3)72-66(69)60-57-54-51-48-45-42-40-38-35-31-29-27-25-23-20-17-14-11-8-5-2/h7,10,16,19,24,26,30,32,34,36,63H,4-6,8-9,11-15,17-18,20-23,25,27-29,31,33,35,37-62H2,1-3H3/b10-7-,19-16-,26-24-,32-30-,36-34-. The Morgan fingerprint density at radius 1 is 0.292 bits per heavy atom. The first-order valence-corrected chi connectivity index (χ1v) is 31.3. The van der Waals surface area contributed by atoms with Crippen molar-refractivity contribution in [2.24, 2.45) is 0 Å². The molecule has 0 spiro atoms. The van der Waals surface area contributed by atoms with Gasteiger partial charge in [-0.25, -0.2) is 0 Å². The van der Waals surface area contributed by atoms with Gasteiger partial charge in [0.1, 0.15) is 13.2 Å². The molecule has 0 N–H and O–H groups in total. The monoisotopic (exact) mass is 1010 g/mol. The molecule has 0 aliphatic rings. The van der Waals surface area contributed by atoms with Crippen LogP contribution in [0.2, 0.25) is 0 Å². The Labute approximate surface area is 447 Å². The number of unbranched alkanes of at least 4 members (excludes halogenated alkanes) is 36. The lowest BCUT2D eigenvalue weighted by Gasteiger charge is -2.18. The molecule has 0 saturated heterocycles.